The number of hydrogen-bond donors (Lipinski definition) is 1. The number of aromatic nitrogens is 2. The van der Waals surface area contributed by atoms with Crippen LogP contribution in [-0.4, -0.2) is 22.6 Å². The smallest absolute Gasteiger partial charge is 0.266 e. The first-order valence-corrected chi connectivity index (χ1v) is 10.2. The molecule has 1 aromatic carbocycles. The van der Waals surface area contributed by atoms with Crippen molar-refractivity contribution in [1.82, 2.24) is 9.55 Å². The quantitative estimate of drug-likeness (QED) is 0.623. The summed E-state index contributed by atoms with van der Waals surface area (Å²) in [6.07, 6.45) is 3.45. The van der Waals surface area contributed by atoms with Crippen LogP contribution in [0.1, 0.15) is 40.6 Å². The van der Waals surface area contributed by atoms with Crippen LogP contribution in [0.5, 0.6) is 5.75 Å². The number of amides is 1. The molecule has 3 rings (SSSR count). The summed E-state index contributed by atoms with van der Waals surface area (Å²) in [6.45, 7) is 6.33. The molecular formula is C20H22ClN3O3S. The molecule has 0 aliphatic carbocycles. The molecule has 2 heterocycles. The molecule has 0 saturated carbocycles. The Morgan fingerprint density at radius 1 is 1.36 bits per heavy atom. The van der Waals surface area contributed by atoms with Crippen molar-refractivity contribution >= 4 is 44.7 Å². The lowest BCUT2D eigenvalue weighted by atomic mass is 10.2. The largest absolute Gasteiger partial charge is 0.495 e. The van der Waals surface area contributed by atoms with Crippen molar-refractivity contribution in [2.75, 3.05) is 12.4 Å². The van der Waals surface area contributed by atoms with Gasteiger partial charge in [-0.2, -0.15) is 0 Å². The van der Waals surface area contributed by atoms with Gasteiger partial charge < -0.3 is 10.1 Å². The van der Waals surface area contributed by atoms with Gasteiger partial charge in [-0.25, -0.2) is 4.98 Å². The summed E-state index contributed by atoms with van der Waals surface area (Å²) in [6, 6.07) is 3.43. The average Bonchev–Trinajstić information content (AvgIpc) is 3.01. The fraction of sp³-hybridized carbons (Fsp3) is 0.350. The van der Waals surface area contributed by atoms with Gasteiger partial charge >= 0.3 is 0 Å². The second-order valence-corrected chi connectivity index (χ2v) is 8.00. The summed E-state index contributed by atoms with van der Waals surface area (Å²) in [5.41, 5.74) is 1.89. The van der Waals surface area contributed by atoms with Gasteiger partial charge in [-0.05, 0) is 37.5 Å². The van der Waals surface area contributed by atoms with Gasteiger partial charge in [0.15, 0.2) is 0 Å². The van der Waals surface area contributed by atoms with E-state index in [0.29, 0.717) is 43.7 Å². The molecule has 1 N–H and O–H groups in total. The maximum absolute atomic E-state index is 12.9. The average molecular weight is 420 g/mol. The van der Waals surface area contributed by atoms with Crippen LogP contribution >= 0.6 is 22.9 Å². The van der Waals surface area contributed by atoms with Gasteiger partial charge in [-0.1, -0.05) is 24.9 Å². The highest BCUT2D eigenvalue weighted by Crippen LogP contribution is 2.33. The number of nitrogens with zero attached hydrogens (tertiary/aromatic N) is 2. The molecule has 0 aliphatic heterocycles. The lowest BCUT2D eigenvalue weighted by molar-refractivity contribution is 0.102. The van der Waals surface area contributed by atoms with Gasteiger partial charge in [0, 0.05) is 17.6 Å². The van der Waals surface area contributed by atoms with Crippen molar-refractivity contribution < 1.29 is 9.53 Å². The SMILES string of the molecule is CCCCn1cnc2sc(C(=O)Nc3cc(C)c(Cl)cc3OC)c(C)c2c1=O. The van der Waals surface area contributed by atoms with Crippen molar-refractivity contribution in [3.63, 3.8) is 0 Å². The highest BCUT2D eigenvalue weighted by atomic mass is 35.5. The van der Waals surface area contributed by atoms with Gasteiger partial charge in [0.1, 0.15) is 10.6 Å². The predicted molar refractivity (Wildman–Crippen MR) is 114 cm³/mol. The van der Waals surface area contributed by atoms with E-state index >= 15 is 0 Å². The minimum absolute atomic E-state index is 0.105. The van der Waals surface area contributed by atoms with Crippen molar-refractivity contribution in [3.05, 3.63) is 49.8 Å². The summed E-state index contributed by atoms with van der Waals surface area (Å²) < 4.78 is 6.93. The van der Waals surface area contributed by atoms with Crippen LogP contribution in [0.3, 0.4) is 0 Å². The zero-order valence-electron chi connectivity index (χ0n) is 16.3. The molecule has 0 unspecified atom stereocenters. The number of thiophene rings is 1. The van der Waals surface area contributed by atoms with Gasteiger partial charge in [-0.3, -0.25) is 14.2 Å². The minimum atomic E-state index is -0.306. The van der Waals surface area contributed by atoms with Crippen LogP contribution in [0.25, 0.3) is 10.2 Å². The second-order valence-electron chi connectivity index (χ2n) is 6.59. The molecular weight excluding hydrogens is 398 g/mol. The number of fused-ring (bicyclic) bond motifs is 1. The monoisotopic (exact) mass is 419 g/mol. The number of ether oxygens (including phenoxy) is 1. The van der Waals surface area contributed by atoms with Crippen LogP contribution in [-0.2, 0) is 6.54 Å². The highest BCUT2D eigenvalue weighted by molar-refractivity contribution is 7.20. The molecule has 2 aromatic heterocycles. The standard InChI is InChI=1S/C20H22ClN3O3S/c1-5-6-7-24-10-22-19-16(20(24)26)12(3)17(28-19)18(25)23-14-8-11(2)13(21)9-15(14)27-4/h8-10H,5-7H2,1-4H3,(H,23,25). The number of aryl methyl sites for hydroxylation is 3. The molecule has 0 bridgehead atoms. The number of hydrogen-bond acceptors (Lipinski definition) is 5. The van der Waals surface area contributed by atoms with Crippen molar-refractivity contribution in [2.45, 2.75) is 40.2 Å². The Kier molecular flexibility index (Phi) is 6.05. The normalized spacial score (nSPS) is 11.0. The fourth-order valence-electron chi connectivity index (χ4n) is 2.97. The molecule has 6 nitrogen and oxygen atoms in total. The minimum Gasteiger partial charge on any atom is -0.495 e. The van der Waals surface area contributed by atoms with Crippen LogP contribution in [0, 0.1) is 13.8 Å². The van der Waals surface area contributed by atoms with E-state index in [4.69, 9.17) is 16.3 Å². The third-order valence-corrected chi connectivity index (χ3v) is 6.21. The Bertz CT molecular complexity index is 1100. The molecule has 0 aliphatic rings. The first-order chi connectivity index (χ1) is 13.4. The van der Waals surface area contributed by atoms with E-state index in [1.165, 1.54) is 18.4 Å². The molecule has 0 fully saturated rings. The number of rotatable bonds is 6. The second kappa shape index (κ2) is 8.32. The van der Waals surface area contributed by atoms with Crippen molar-refractivity contribution in [2.24, 2.45) is 0 Å². The molecule has 0 spiro atoms. The molecule has 28 heavy (non-hydrogen) atoms. The summed E-state index contributed by atoms with van der Waals surface area (Å²) in [5, 5.41) is 3.93. The third kappa shape index (κ3) is 3.77. The van der Waals surface area contributed by atoms with Crippen molar-refractivity contribution in [3.8, 4) is 5.75 Å². The number of carbonyl (C=O) groups excluding carboxylic acids is 1. The maximum Gasteiger partial charge on any atom is 0.266 e. The highest BCUT2D eigenvalue weighted by Gasteiger charge is 2.21. The van der Waals surface area contributed by atoms with E-state index in [2.05, 4.69) is 17.2 Å². The predicted octanol–water partition coefficient (Wildman–Crippen LogP) is 4.79. The number of nitrogens with one attached hydrogen (secondary N) is 1. The number of unbranched alkanes of at least 4 members (excludes halogenated alkanes) is 1. The van der Waals surface area contributed by atoms with Crippen LogP contribution < -0.4 is 15.6 Å². The van der Waals surface area contributed by atoms with E-state index in [1.54, 1.807) is 30.0 Å². The van der Waals surface area contributed by atoms with E-state index in [9.17, 15) is 9.59 Å². The first kappa shape index (κ1) is 20.4. The Hall–Kier alpha value is -2.38. The molecule has 0 saturated heterocycles. The van der Waals surface area contributed by atoms with Crippen LogP contribution in [0.2, 0.25) is 5.02 Å². The fourth-order valence-corrected chi connectivity index (χ4v) is 4.16. The summed E-state index contributed by atoms with van der Waals surface area (Å²) in [4.78, 5) is 31.1. The number of benzene rings is 1. The zero-order chi connectivity index (χ0) is 20.4. The maximum atomic E-state index is 12.9. The summed E-state index contributed by atoms with van der Waals surface area (Å²) in [7, 11) is 1.52. The van der Waals surface area contributed by atoms with E-state index in [1.807, 2.05) is 6.92 Å². The Balaban J connectivity index is 1.99. The van der Waals surface area contributed by atoms with Gasteiger partial charge in [-0.15, -0.1) is 11.3 Å². The lowest BCUT2D eigenvalue weighted by Gasteiger charge is -2.12. The molecule has 148 valence electrons. The van der Waals surface area contributed by atoms with Crippen LogP contribution in [0.4, 0.5) is 5.69 Å². The van der Waals surface area contributed by atoms with Gasteiger partial charge in [0.2, 0.25) is 0 Å². The molecule has 0 radical (unpaired) electrons. The zero-order valence-corrected chi connectivity index (χ0v) is 17.8. The Labute approximate surface area is 172 Å². The number of halogens is 1. The topological polar surface area (TPSA) is 73.2 Å². The third-order valence-electron chi connectivity index (χ3n) is 4.61. The number of anilines is 1. The van der Waals surface area contributed by atoms with Gasteiger partial charge in [0.05, 0.1) is 29.4 Å². The van der Waals surface area contributed by atoms with Crippen LogP contribution in [0.15, 0.2) is 23.3 Å². The first-order valence-electron chi connectivity index (χ1n) is 9.01. The Morgan fingerprint density at radius 3 is 2.79 bits per heavy atom. The molecule has 1 amide bonds. The number of methoxy groups -OCH3 is 1. The summed E-state index contributed by atoms with van der Waals surface area (Å²) >= 11 is 7.34. The number of carbonyl (C=O) groups is 1. The Morgan fingerprint density at radius 2 is 2.11 bits per heavy atom. The van der Waals surface area contributed by atoms with Gasteiger partial charge in [0.25, 0.3) is 11.5 Å². The van der Waals surface area contributed by atoms with Crippen molar-refractivity contribution in [1.29, 1.82) is 0 Å². The van der Waals surface area contributed by atoms with E-state index in [0.717, 1.165) is 18.4 Å². The lowest BCUT2D eigenvalue weighted by Crippen LogP contribution is -2.20. The summed E-state index contributed by atoms with van der Waals surface area (Å²) in [5.74, 6) is 0.169. The molecule has 0 atom stereocenters. The molecule has 8 heteroatoms. The van der Waals surface area contributed by atoms with E-state index in [-0.39, 0.29) is 11.5 Å². The van der Waals surface area contributed by atoms with E-state index < -0.39 is 0 Å². The molecule has 3 aromatic rings.